The molecule has 2 saturated carbocycles. The number of anilines is 3. The van der Waals surface area contributed by atoms with Crippen LogP contribution in [0.25, 0.3) is 17.0 Å². The molecule has 4 atom stereocenters. The number of halogens is 1. The summed E-state index contributed by atoms with van der Waals surface area (Å²) in [6.07, 6.45) is 7.75. The third-order valence-corrected chi connectivity index (χ3v) is 8.12. The number of aromatic nitrogens is 3. The van der Waals surface area contributed by atoms with Gasteiger partial charge in [-0.05, 0) is 65.2 Å². The van der Waals surface area contributed by atoms with Crippen LogP contribution in [0, 0.1) is 11.8 Å². The Bertz CT molecular complexity index is 1300. The van der Waals surface area contributed by atoms with Crippen molar-refractivity contribution in [2.24, 2.45) is 11.8 Å². The molecule has 2 aliphatic carbocycles. The molecule has 182 valence electrons. The minimum Gasteiger partial charge on any atom is -0.390 e. The molecule has 0 radical (unpaired) electrons. The maximum Gasteiger partial charge on any atom is 0.141 e. The number of nitrogens with two attached hydrogens (primary N) is 1. The van der Waals surface area contributed by atoms with Gasteiger partial charge >= 0.3 is 0 Å². The summed E-state index contributed by atoms with van der Waals surface area (Å²) in [7, 11) is 0. The van der Waals surface area contributed by atoms with Crippen molar-refractivity contribution in [1.82, 2.24) is 15.0 Å². The Hall–Kier alpha value is -2.75. The molecule has 0 saturated heterocycles. The van der Waals surface area contributed by atoms with Crippen LogP contribution in [0.2, 0.25) is 0 Å². The van der Waals surface area contributed by atoms with Gasteiger partial charge in [-0.15, -0.1) is 0 Å². The lowest BCUT2D eigenvalue weighted by molar-refractivity contribution is 0.0229. The van der Waals surface area contributed by atoms with Crippen molar-refractivity contribution >= 4 is 50.4 Å². The van der Waals surface area contributed by atoms with Crippen LogP contribution >= 0.6 is 15.9 Å². The zero-order chi connectivity index (χ0) is 24.1. The molecule has 0 bridgehead atoms. The largest absolute Gasteiger partial charge is 0.390 e. The molecule has 6 rings (SSSR count). The van der Waals surface area contributed by atoms with Gasteiger partial charge in [0.2, 0.25) is 0 Å². The lowest BCUT2D eigenvalue weighted by Gasteiger charge is -2.28. The zero-order valence-electron chi connectivity index (χ0n) is 19.3. The maximum atomic E-state index is 10.9. The Morgan fingerprint density at radius 2 is 2.03 bits per heavy atom. The van der Waals surface area contributed by atoms with Crippen LogP contribution in [-0.2, 0) is 6.42 Å². The normalized spacial score (nSPS) is 26.1. The van der Waals surface area contributed by atoms with Crippen LogP contribution in [0.4, 0.5) is 17.5 Å². The van der Waals surface area contributed by atoms with Crippen molar-refractivity contribution in [3.8, 4) is 0 Å². The van der Waals surface area contributed by atoms with Crippen LogP contribution < -0.4 is 16.0 Å². The van der Waals surface area contributed by atoms with E-state index < -0.39 is 12.2 Å². The quantitative estimate of drug-likeness (QED) is 0.378. The second-order valence-electron chi connectivity index (χ2n) is 9.91. The first-order valence-electron chi connectivity index (χ1n) is 12.2. The van der Waals surface area contributed by atoms with E-state index >= 15 is 0 Å². The predicted octanol–water partition coefficient (Wildman–Crippen LogP) is 3.38. The summed E-state index contributed by atoms with van der Waals surface area (Å²) < 4.78 is 0.971. The highest BCUT2D eigenvalue weighted by atomic mass is 79.9. The summed E-state index contributed by atoms with van der Waals surface area (Å²) in [5, 5.41) is 26.2. The Morgan fingerprint density at radius 1 is 1.17 bits per heavy atom. The van der Waals surface area contributed by atoms with Gasteiger partial charge in [0.25, 0.3) is 0 Å². The third-order valence-electron chi connectivity index (χ3n) is 7.51. The molecule has 9 heteroatoms. The predicted molar refractivity (Wildman–Crippen MR) is 141 cm³/mol. The lowest BCUT2D eigenvalue weighted by atomic mass is 10.0. The van der Waals surface area contributed by atoms with E-state index in [4.69, 9.17) is 10.7 Å². The highest BCUT2D eigenvalue weighted by molar-refractivity contribution is 9.10. The highest BCUT2D eigenvalue weighted by Crippen LogP contribution is 2.38. The average molecular weight is 537 g/mol. The van der Waals surface area contributed by atoms with E-state index in [1.165, 1.54) is 19.2 Å². The van der Waals surface area contributed by atoms with E-state index in [-0.39, 0.29) is 12.0 Å². The van der Waals surface area contributed by atoms with Gasteiger partial charge < -0.3 is 26.2 Å². The number of pyridine rings is 1. The topological polar surface area (TPSA) is 120 Å². The number of fused-ring (bicyclic) bond motifs is 2. The molecule has 1 aliphatic heterocycles. The number of rotatable bonds is 6. The summed E-state index contributed by atoms with van der Waals surface area (Å²) >= 11 is 3.63. The molecule has 2 fully saturated rings. The molecule has 0 spiro atoms. The summed E-state index contributed by atoms with van der Waals surface area (Å²) in [4.78, 5) is 15.4. The van der Waals surface area contributed by atoms with E-state index in [0.717, 1.165) is 57.0 Å². The standard InChI is InChI=1S/C26H29BrN6O2/c27-19-10-16-5-3-14(9-20(16)32-25(19)29-12-15-1-2-15)4-6-17-11-21(23(35)22(17)34)33-8-7-18-24(28)30-13-31-26(18)33/h3-6,9-10,13,15,17,21-23,34-35H,1-2,7-8,11-12H2,(H,29,32)(H2,28,30,31)/b6-4+/t17-,21+,22+,23-/m0/s1. The fourth-order valence-corrected chi connectivity index (χ4v) is 5.77. The smallest absolute Gasteiger partial charge is 0.141 e. The van der Waals surface area contributed by atoms with E-state index in [0.29, 0.717) is 18.8 Å². The second kappa shape index (κ2) is 9.04. The number of nitrogens with one attached hydrogen (secondary N) is 1. The Morgan fingerprint density at radius 3 is 2.86 bits per heavy atom. The minimum atomic E-state index is -0.859. The van der Waals surface area contributed by atoms with Crippen molar-refractivity contribution < 1.29 is 10.2 Å². The number of aliphatic hydroxyl groups is 2. The van der Waals surface area contributed by atoms with E-state index in [1.807, 2.05) is 12.2 Å². The van der Waals surface area contributed by atoms with Gasteiger partial charge in [-0.25, -0.2) is 15.0 Å². The van der Waals surface area contributed by atoms with Crippen molar-refractivity contribution in [2.45, 2.75) is 43.9 Å². The van der Waals surface area contributed by atoms with E-state index in [1.54, 1.807) is 0 Å². The number of benzene rings is 1. The fraction of sp³-hybridized carbons (Fsp3) is 0.423. The summed E-state index contributed by atoms with van der Waals surface area (Å²) in [5.74, 6) is 2.74. The van der Waals surface area contributed by atoms with Crippen molar-refractivity contribution in [2.75, 3.05) is 29.0 Å². The van der Waals surface area contributed by atoms with Crippen LogP contribution in [-0.4, -0.2) is 56.5 Å². The van der Waals surface area contributed by atoms with Gasteiger partial charge in [-0.1, -0.05) is 24.3 Å². The maximum absolute atomic E-state index is 10.9. The molecule has 0 amide bonds. The van der Waals surface area contributed by atoms with Crippen molar-refractivity contribution in [1.29, 1.82) is 0 Å². The number of hydrogen-bond donors (Lipinski definition) is 4. The minimum absolute atomic E-state index is 0.164. The van der Waals surface area contributed by atoms with Gasteiger partial charge in [0.15, 0.2) is 0 Å². The molecule has 3 heterocycles. The van der Waals surface area contributed by atoms with Gasteiger partial charge in [0.05, 0.1) is 22.1 Å². The summed E-state index contributed by atoms with van der Waals surface area (Å²) in [5.41, 5.74) is 8.87. The zero-order valence-corrected chi connectivity index (χ0v) is 20.9. The summed E-state index contributed by atoms with van der Waals surface area (Å²) in [6, 6.07) is 8.05. The molecule has 5 N–H and O–H groups in total. The van der Waals surface area contributed by atoms with Crippen LogP contribution in [0.1, 0.15) is 30.4 Å². The molecular weight excluding hydrogens is 508 g/mol. The molecular formula is C26H29BrN6O2. The first kappa shape index (κ1) is 22.7. The summed E-state index contributed by atoms with van der Waals surface area (Å²) in [6.45, 7) is 1.67. The second-order valence-corrected chi connectivity index (χ2v) is 10.8. The first-order chi connectivity index (χ1) is 17.0. The average Bonchev–Trinajstić information content (AvgIpc) is 3.52. The molecule has 1 aromatic carbocycles. The molecule has 35 heavy (non-hydrogen) atoms. The highest BCUT2D eigenvalue weighted by Gasteiger charge is 2.45. The first-order valence-corrected chi connectivity index (χ1v) is 13.0. The van der Waals surface area contributed by atoms with Gasteiger partial charge in [0, 0.05) is 30.0 Å². The van der Waals surface area contributed by atoms with Crippen LogP contribution in [0.3, 0.4) is 0 Å². The van der Waals surface area contributed by atoms with E-state index in [9.17, 15) is 10.2 Å². The van der Waals surface area contributed by atoms with Crippen LogP contribution in [0.15, 0.2) is 41.1 Å². The number of aliphatic hydroxyl groups excluding tert-OH is 2. The number of hydrogen-bond acceptors (Lipinski definition) is 8. The molecule has 2 aromatic heterocycles. The van der Waals surface area contributed by atoms with Crippen LogP contribution in [0.5, 0.6) is 0 Å². The van der Waals surface area contributed by atoms with Gasteiger partial charge in [-0.3, -0.25) is 0 Å². The molecule has 3 aliphatic rings. The van der Waals surface area contributed by atoms with Crippen molar-refractivity contribution in [3.63, 3.8) is 0 Å². The van der Waals surface area contributed by atoms with Crippen molar-refractivity contribution in [3.05, 3.63) is 52.3 Å². The van der Waals surface area contributed by atoms with Gasteiger partial charge in [-0.2, -0.15) is 0 Å². The third kappa shape index (κ3) is 4.37. The monoisotopic (exact) mass is 536 g/mol. The number of nitrogens with zero attached hydrogens (tertiary/aromatic N) is 4. The molecule has 3 aromatic rings. The Balaban J connectivity index is 1.19. The Labute approximate surface area is 212 Å². The van der Waals surface area contributed by atoms with E-state index in [2.05, 4.69) is 60.4 Å². The Kier molecular flexibility index (Phi) is 5.86. The van der Waals surface area contributed by atoms with Gasteiger partial charge in [0.1, 0.15) is 29.9 Å². The molecule has 8 nitrogen and oxygen atoms in total. The fourth-order valence-electron chi connectivity index (χ4n) is 5.29. The lowest BCUT2D eigenvalue weighted by Crippen LogP contribution is -2.43. The molecule has 0 unspecified atom stereocenters. The SMILES string of the molecule is Nc1ncnc2c1CCN2[C@@H]1C[C@H](/C=C/c2ccc3cc(Br)c(NCC4CC4)nc3c2)[C@@H](O)[C@H]1O. The number of nitrogen functional groups attached to an aromatic ring is 1.